The van der Waals surface area contributed by atoms with Gasteiger partial charge in [0.25, 0.3) is 0 Å². The molecule has 114 valence electrons. The first kappa shape index (κ1) is 17.0. The van der Waals surface area contributed by atoms with E-state index in [2.05, 4.69) is 31.3 Å². The van der Waals surface area contributed by atoms with Crippen LogP contribution in [-0.4, -0.2) is 13.1 Å². The summed E-state index contributed by atoms with van der Waals surface area (Å²) in [5.41, 5.74) is 8.14. The van der Waals surface area contributed by atoms with Crippen molar-refractivity contribution in [2.24, 2.45) is 5.92 Å². The van der Waals surface area contributed by atoms with Gasteiger partial charge in [-0.1, -0.05) is 57.7 Å². The van der Waals surface area contributed by atoms with Crippen LogP contribution in [-0.2, 0) is 6.42 Å². The van der Waals surface area contributed by atoms with Gasteiger partial charge in [0, 0.05) is 5.69 Å². The predicted molar refractivity (Wildman–Crippen MR) is 90.0 cm³/mol. The van der Waals surface area contributed by atoms with Gasteiger partial charge >= 0.3 is 0 Å². The van der Waals surface area contributed by atoms with Gasteiger partial charge in [-0.15, -0.1) is 0 Å². The number of nitrogen functional groups attached to an aromatic ring is 1. The molecule has 0 aromatic heterocycles. The van der Waals surface area contributed by atoms with Crippen LogP contribution in [0, 0.1) is 5.92 Å². The molecule has 0 aliphatic heterocycles. The first-order chi connectivity index (χ1) is 9.70. The number of hydrogen-bond donors (Lipinski definition) is 2. The number of anilines is 1. The highest BCUT2D eigenvalue weighted by Crippen LogP contribution is 2.12. The number of nitrogens with one attached hydrogen (secondary N) is 1. The molecule has 0 bridgehead atoms. The zero-order chi connectivity index (χ0) is 14.6. The summed E-state index contributed by atoms with van der Waals surface area (Å²) >= 11 is 0. The summed E-state index contributed by atoms with van der Waals surface area (Å²) in [6, 6.07) is 8.18. The Hall–Kier alpha value is -1.02. The Morgan fingerprint density at radius 2 is 1.65 bits per heavy atom. The Bertz CT molecular complexity index is 347. The monoisotopic (exact) mass is 276 g/mol. The minimum atomic E-state index is 0.860. The lowest BCUT2D eigenvalue weighted by Crippen LogP contribution is -2.17. The third-order valence-electron chi connectivity index (χ3n) is 3.74. The van der Waals surface area contributed by atoms with E-state index in [0.29, 0.717) is 0 Å². The van der Waals surface area contributed by atoms with Gasteiger partial charge in [-0.25, -0.2) is 0 Å². The highest BCUT2D eigenvalue weighted by Gasteiger charge is 1.97. The Morgan fingerprint density at radius 1 is 0.950 bits per heavy atom. The molecule has 2 nitrogen and oxygen atoms in total. The lowest BCUT2D eigenvalue weighted by Gasteiger charge is -2.07. The number of hydrogen-bond acceptors (Lipinski definition) is 2. The van der Waals surface area contributed by atoms with Crippen molar-refractivity contribution in [3.8, 4) is 0 Å². The topological polar surface area (TPSA) is 38.0 Å². The van der Waals surface area contributed by atoms with Gasteiger partial charge in [0.05, 0.1) is 0 Å². The van der Waals surface area contributed by atoms with Crippen LogP contribution in [0.1, 0.15) is 57.9 Å². The van der Waals surface area contributed by atoms with Crippen molar-refractivity contribution in [1.82, 2.24) is 5.32 Å². The molecule has 0 aliphatic rings. The number of rotatable bonds is 11. The molecule has 1 aromatic rings. The largest absolute Gasteiger partial charge is 0.399 e. The van der Waals surface area contributed by atoms with Gasteiger partial charge in [-0.2, -0.15) is 0 Å². The van der Waals surface area contributed by atoms with Crippen molar-refractivity contribution < 1.29 is 0 Å². The van der Waals surface area contributed by atoms with Crippen LogP contribution in [0.4, 0.5) is 5.69 Å². The fourth-order valence-corrected chi connectivity index (χ4v) is 2.45. The summed E-state index contributed by atoms with van der Waals surface area (Å²) in [6.45, 7) is 6.87. The van der Waals surface area contributed by atoms with Crippen LogP contribution < -0.4 is 11.1 Å². The first-order valence-corrected chi connectivity index (χ1v) is 8.24. The number of para-hydroxylation sites is 1. The molecule has 0 heterocycles. The zero-order valence-electron chi connectivity index (χ0n) is 13.3. The van der Waals surface area contributed by atoms with Crippen molar-refractivity contribution in [2.75, 3.05) is 18.8 Å². The Balaban J connectivity index is 1.89. The van der Waals surface area contributed by atoms with E-state index in [0.717, 1.165) is 31.1 Å². The molecule has 0 amide bonds. The van der Waals surface area contributed by atoms with E-state index in [1.54, 1.807) is 0 Å². The van der Waals surface area contributed by atoms with Crippen LogP contribution in [0.3, 0.4) is 0 Å². The van der Waals surface area contributed by atoms with Crippen molar-refractivity contribution in [3.63, 3.8) is 0 Å². The summed E-state index contributed by atoms with van der Waals surface area (Å²) in [6.07, 6.45) is 9.09. The van der Waals surface area contributed by atoms with Crippen LogP contribution >= 0.6 is 0 Å². The van der Waals surface area contributed by atoms with Gasteiger partial charge < -0.3 is 11.1 Å². The van der Waals surface area contributed by atoms with Crippen LogP contribution in [0.5, 0.6) is 0 Å². The smallest absolute Gasteiger partial charge is 0.0346 e. The molecule has 1 aromatic carbocycles. The third-order valence-corrected chi connectivity index (χ3v) is 3.74. The van der Waals surface area contributed by atoms with Crippen LogP contribution in [0.2, 0.25) is 0 Å². The first-order valence-electron chi connectivity index (χ1n) is 8.24. The van der Waals surface area contributed by atoms with E-state index >= 15 is 0 Å². The summed E-state index contributed by atoms with van der Waals surface area (Å²) in [4.78, 5) is 0. The highest BCUT2D eigenvalue weighted by atomic mass is 14.8. The molecular weight excluding hydrogens is 244 g/mol. The molecule has 0 saturated carbocycles. The van der Waals surface area contributed by atoms with Gasteiger partial charge in [-0.3, -0.25) is 0 Å². The molecule has 0 unspecified atom stereocenters. The molecular formula is C18H32N2. The van der Waals surface area contributed by atoms with E-state index in [4.69, 9.17) is 5.73 Å². The quantitative estimate of drug-likeness (QED) is 0.464. The third kappa shape index (κ3) is 8.21. The maximum absolute atomic E-state index is 5.93. The van der Waals surface area contributed by atoms with Gasteiger partial charge in [0.2, 0.25) is 0 Å². The zero-order valence-corrected chi connectivity index (χ0v) is 13.3. The van der Waals surface area contributed by atoms with Crippen LogP contribution in [0.15, 0.2) is 24.3 Å². The standard InChI is InChI=1S/C18H32N2/c1-16(2)10-5-3-4-8-14-20-15-9-12-17-11-6-7-13-18(17)19/h6-7,11,13,16,20H,3-5,8-10,12,14-15,19H2,1-2H3. The lowest BCUT2D eigenvalue weighted by atomic mass is 10.0. The average molecular weight is 276 g/mol. The minimum absolute atomic E-state index is 0.860. The van der Waals surface area contributed by atoms with Gasteiger partial charge in [0.15, 0.2) is 0 Å². The van der Waals surface area contributed by atoms with E-state index in [1.165, 1.54) is 44.1 Å². The molecule has 1 rings (SSSR count). The minimum Gasteiger partial charge on any atom is -0.399 e. The van der Waals surface area contributed by atoms with E-state index < -0.39 is 0 Å². The van der Waals surface area contributed by atoms with Crippen molar-refractivity contribution in [2.45, 2.75) is 58.8 Å². The molecule has 2 heteroatoms. The average Bonchev–Trinajstić information content (AvgIpc) is 2.42. The predicted octanol–water partition coefficient (Wildman–Crippen LogP) is 4.40. The summed E-state index contributed by atoms with van der Waals surface area (Å²) in [7, 11) is 0. The molecule has 0 atom stereocenters. The highest BCUT2D eigenvalue weighted by molar-refractivity contribution is 5.46. The van der Waals surface area contributed by atoms with Gasteiger partial charge in [0.1, 0.15) is 0 Å². The van der Waals surface area contributed by atoms with E-state index in [-0.39, 0.29) is 0 Å². The molecule has 20 heavy (non-hydrogen) atoms. The number of aryl methyl sites for hydroxylation is 1. The number of benzene rings is 1. The SMILES string of the molecule is CC(C)CCCCCCNCCCc1ccccc1N. The van der Waals surface area contributed by atoms with Crippen LogP contribution in [0.25, 0.3) is 0 Å². The second-order valence-corrected chi connectivity index (χ2v) is 6.15. The molecule has 0 spiro atoms. The number of unbranched alkanes of at least 4 members (excludes halogenated alkanes) is 3. The summed E-state index contributed by atoms with van der Waals surface area (Å²) in [5.74, 6) is 0.860. The molecule has 0 saturated heterocycles. The Labute approximate surface area is 125 Å². The van der Waals surface area contributed by atoms with E-state index in [9.17, 15) is 0 Å². The lowest BCUT2D eigenvalue weighted by molar-refractivity contribution is 0.511. The Morgan fingerprint density at radius 3 is 2.40 bits per heavy atom. The van der Waals surface area contributed by atoms with E-state index in [1.807, 2.05) is 12.1 Å². The fourth-order valence-electron chi connectivity index (χ4n) is 2.45. The molecule has 0 aliphatic carbocycles. The second-order valence-electron chi connectivity index (χ2n) is 6.15. The van der Waals surface area contributed by atoms with Crippen molar-refractivity contribution in [1.29, 1.82) is 0 Å². The van der Waals surface area contributed by atoms with Gasteiger partial charge in [-0.05, 0) is 49.9 Å². The van der Waals surface area contributed by atoms with Crippen molar-refractivity contribution in [3.05, 3.63) is 29.8 Å². The summed E-state index contributed by atoms with van der Waals surface area (Å²) < 4.78 is 0. The maximum atomic E-state index is 5.93. The summed E-state index contributed by atoms with van der Waals surface area (Å²) in [5, 5.41) is 3.53. The normalized spacial score (nSPS) is 11.2. The molecule has 3 N–H and O–H groups in total. The van der Waals surface area contributed by atoms with Crippen molar-refractivity contribution >= 4 is 5.69 Å². The second kappa shape index (κ2) is 10.7. The Kier molecular flexibility index (Phi) is 9.14. The fraction of sp³-hybridized carbons (Fsp3) is 0.667. The maximum Gasteiger partial charge on any atom is 0.0346 e. The molecule has 0 radical (unpaired) electrons. The molecule has 0 fully saturated rings. The number of nitrogens with two attached hydrogens (primary N) is 1.